The first-order valence-electron chi connectivity index (χ1n) is 8.16. The maximum Gasteiger partial charge on any atom is 0.573 e. The van der Waals surface area contributed by atoms with Gasteiger partial charge in [-0.05, 0) is 40.4 Å². The number of hydrogen-bond acceptors (Lipinski definition) is 4. The van der Waals surface area contributed by atoms with Crippen molar-refractivity contribution in [2.45, 2.75) is 32.4 Å². The fourth-order valence-electron chi connectivity index (χ4n) is 3.22. The van der Waals surface area contributed by atoms with E-state index in [-0.39, 0.29) is 12.4 Å². The molecule has 3 rings (SSSR count). The van der Waals surface area contributed by atoms with E-state index in [1.807, 2.05) is 0 Å². The van der Waals surface area contributed by atoms with Crippen LogP contribution in [0.25, 0.3) is 21.6 Å². The molecule has 0 bridgehead atoms. The van der Waals surface area contributed by atoms with Crippen molar-refractivity contribution in [2.24, 2.45) is 5.11 Å². The average molecular weight is 379 g/mol. The van der Waals surface area contributed by atoms with Crippen LogP contribution in [0.4, 0.5) is 13.2 Å². The third kappa shape index (κ3) is 3.94. The van der Waals surface area contributed by atoms with E-state index in [1.165, 1.54) is 24.3 Å². The van der Waals surface area contributed by atoms with Crippen LogP contribution in [0.15, 0.2) is 35.4 Å². The number of aliphatic hydroxyl groups is 1. The fourth-order valence-corrected chi connectivity index (χ4v) is 3.22. The Morgan fingerprint density at radius 3 is 2.63 bits per heavy atom. The Labute approximate surface area is 152 Å². The molecule has 6 nitrogen and oxygen atoms in total. The summed E-state index contributed by atoms with van der Waals surface area (Å²) in [5.41, 5.74) is 12.2. The van der Waals surface area contributed by atoms with Crippen LogP contribution in [-0.2, 0) is 13.0 Å². The minimum atomic E-state index is -4.76. The molecule has 0 aromatic heterocycles. The number of azide groups is 1. The normalized spacial score (nSPS) is 14.1. The van der Waals surface area contributed by atoms with Gasteiger partial charge in [-0.3, -0.25) is 0 Å². The second-order valence-corrected chi connectivity index (χ2v) is 6.01. The van der Waals surface area contributed by atoms with E-state index < -0.39 is 12.4 Å². The lowest BCUT2D eigenvalue weighted by Gasteiger charge is -2.18. The SMILES string of the molecule is CC(N=[N+]=[N-])c1cc(-c2ccc(OC(F)(F)F)cc2)c2c(c1CO)CCO2. The molecule has 1 heterocycles. The molecule has 1 unspecified atom stereocenters. The van der Waals surface area contributed by atoms with Crippen LogP contribution in [0.5, 0.6) is 11.5 Å². The van der Waals surface area contributed by atoms with Gasteiger partial charge >= 0.3 is 6.36 Å². The van der Waals surface area contributed by atoms with Gasteiger partial charge in [-0.1, -0.05) is 24.2 Å². The Balaban J connectivity index is 2.09. The first-order chi connectivity index (χ1) is 12.8. The number of hydrogen-bond donors (Lipinski definition) is 1. The lowest BCUT2D eigenvalue weighted by atomic mass is 9.90. The Kier molecular flexibility index (Phi) is 5.16. The molecular weight excluding hydrogens is 363 g/mol. The average Bonchev–Trinajstić information content (AvgIpc) is 3.09. The maximum absolute atomic E-state index is 12.3. The van der Waals surface area contributed by atoms with E-state index in [0.29, 0.717) is 41.0 Å². The standard InChI is InChI=1S/C18H16F3N3O3/c1-10(23-24-22)14-8-15(17-13(6-7-26-17)16(14)9-25)11-2-4-12(5-3-11)27-18(19,20)21/h2-5,8,10,25H,6-7,9H2,1H3. The van der Waals surface area contributed by atoms with E-state index in [9.17, 15) is 18.3 Å². The summed E-state index contributed by atoms with van der Waals surface area (Å²) >= 11 is 0. The largest absolute Gasteiger partial charge is 0.573 e. The van der Waals surface area contributed by atoms with Crippen LogP contribution in [0, 0.1) is 0 Å². The molecular formula is C18H16F3N3O3. The van der Waals surface area contributed by atoms with Gasteiger partial charge in [0.15, 0.2) is 0 Å². The Morgan fingerprint density at radius 2 is 2.04 bits per heavy atom. The van der Waals surface area contributed by atoms with Gasteiger partial charge < -0.3 is 14.6 Å². The molecule has 2 aromatic rings. The quantitative estimate of drug-likeness (QED) is 0.448. The van der Waals surface area contributed by atoms with Gasteiger partial charge in [-0.25, -0.2) is 0 Å². The van der Waals surface area contributed by atoms with Crippen molar-refractivity contribution in [1.29, 1.82) is 0 Å². The molecule has 142 valence electrons. The Hall–Kier alpha value is -2.90. The topological polar surface area (TPSA) is 87.5 Å². The van der Waals surface area contributed by atoms with Crippen LogP contribution < -0.4 is 9.47 Å². The van der Waals surface area contributed by atoms with Gasteiger partial charge in [-0.15, -0.1) is 13.2 Å². The van der Waals surface area contributed by atoms with Crippen LogP contribution in [0.2, 0.25) is 0 Å². The molecule has 1 atom stereocenters. The number of rotatable bonds is 5. The predicted molar refractivity (Wildman–Crippen MR) is 91.2 cm³/mol. The van der Waals surface area contributed by atoms with Gasteiger partial charge in [0, 0.05) is 22.5 Å². The molecule has 0 fully saturated rings. The van der Waals surface area contributed by atoms with Gasteiger partial charge in [0.25, 0.3) is 0 Å². The summed E-state index contributed by atoms with van der Waals surface area (Å²) in [6, 6.07) is 6.67. The molecule has 0 aliphatic carbocycles. The van der Waals surface area contributed by atoms with Crippen molar-refractivity contribution < 1.29 is 27.8 Å². The smallest absolute Gasteiger partial charge is 0.492 e. The van der Waals surface area contributed by atoms with Crippen molar-refractivity contribution in [3.05, 3.63) is 57.5 Å². The van der Waals surface area contributed by atoms with Gasteiger partial charge in [-0.2, -0.15) is 0 Å². The molecule has 1 aliphatic heterocycles. The van der Waals surface area contributed by atoms with E-state index in [4.69, 9.17) is 10.3 Å². The summed E-state index contributed by atoms with van der Waals surface area (Å²) in [7, 11) is 0. The molecule has 0 saturated carbocycles. The molecule has 0 radical (unpaired) electrons. The number of alkyl halides is 3. The van der Waals surface area contributed by atoms with Gasteiger partial charge in [0.2, 0.25) is 0 Å². The Morgan fingerprint density at radius 1 is 1.33 bits per heavy atom. The van der Waals surface area contributed by atoms with E-state index in [0.717, 1.165) is 5.56 Å². The zero-order valence-electron chi connectivity index (χ0n) is 14.3. The van der Waals surface area contributed by atoms with Crippen LogP contribution in [-0.4, -0.2) is 18.1 Å². The van der Waals surface area contributed by atoms with Crippen LogP contribution in [0.3, 0.4) is 0 Å². The lowest BCUT2D eigenvalue weighted by molar-refractivity contribution is -0.274. The van der Waals surface area contributed by atoms with Crippen LogP contribution >= 0.6 is 0 Å². The van der Waals surface area contributed by atoms with E-state index >= 15 is 0 Å². The van der Waals surface area contributed by atoms with E-state index in [2.05, 4.69) is 14.8 Å². The van der Waals surface area contributed by atoms with Crippen LogP contribution in [0.1, 0.15) is 29.7 Å². The summed E-state index contributed by atoms with van der Waals surface area (Å²) in [5.74, 6) is 0.263. The summed E-state index contributed by atoms with van der Waals surface area (Å²) in [5, 5.41) is 13.5. The molecule has 9 heteroatoms. The zero-order chi connectivity index (χ0) is 19.6. The van der Waals surface area contributed by atoms with Crippen molar-refractivity contribution in [2.75, 3.05) is 6.61 Å². The minimum absolute atomic E-state index is 0.231. The Bertz CT molecular complexity index is 891. The number of halogens is 3. The zero-order valence-corrected chi connectivity index (χ0v) is 14.3. The first kappa shape index (κ1) is 18.9. The van der Waals surface area contributed by atoms with E-state index in [1.54, 1.807) is 13.0 Å². The second-order valence-electron chi connectivity index (χ2n) is 6.01. The molecule has 1 N–H and O–H groups in total. The van der Waals surface area contributed by atoms with Gasteiger partial charge in [0.1, 0.15) is 11.5 Å². The lowest BCUT2D eigenvalue weighted by Crippen LogP contribution is -2.16. The van der Waals surface area contributed by atoms with Crippen molar-refractivity contribution in [3.63, 3.8) is 0 Å². The first-order valence-corrected chi connectivity index (χ1v) is 8.16. The predicted octanol–water partition coefficient (Wildman–Crippen LogP) is 5.05. The highest BCUT2D eigenvalue weighted by atomic mass is 19.4. The number of aliphatic hydroxyl groups excluding tert-OH is 1. The molecule has 2 aromatic carbocycles. The molecule has 0 saturated heterocycles. The third-order valence-electron chi connectivity index (χ3n) is 4.36. The molecule has 1 aliphatic rings. The highest BCUT2D eigenvalue weighted by molar-refractivity contribution is 5.76. The number of ether oxygens (including phenoxy) is 2. The van der Waals surface area contributed by atoms with Crippen molar-refractivity contribution in [1.82, 2.24) is 0 Å². The highest BCUT2D eigenvalue weighted by Crippen LogP contribution is 2.43. The second kappa shape index (κ2) is 7.38. The number of fused-ring (bicyclic) bond motifs is 1. The highest BCUT2D eigenvalue weighted by Gasteiger charge is 2.31. The summed E-state index contributed by atoms with van der Waals surface area (Å²) in [4.78, 5) is 2.82. The molecule has 0 amide bonds. The summed E-state index contributed by atoms with van der Waals surface area (Å²) in [6.07, 6.45) is -4.17. The number of benzene rings is 2. The molecule has 0 spiro atoms. The summed E-state index contributed by atoms with van der Waals surface area (Å²) < 4.78 is 46.6. The monoisotopic (exact) mass is 379 g/mol. The van der Waals surface area contributed by atoms with Gasteiger partial charge in [0.05, 0.1) is 19.3 Å². The third-order valence-corrected chi connectivity index (χ3v) is 4.36. The van der Waals surface area contributed by atoms with Crippen molar-refractivity contribution in [3.8, 4) is 22.6 Å². The maximum atomic E-state index is 12.3. The number of nitrogens with zero attached hydrogens (tertiary/aromatic N) is 3. The minimum Gasteiger partial charge on any atom is -0.492 e. The van der Waals surface area contributed by atoms with Crippen molar-refractivity contribution >= 4 is 0 Å². The summed E-state index contributed by atoms with van der Waals surface area (Å²) in [6.45, 7) is 1.91. The fraction of sp³-hybridized carbons (Fsp3) is 0.333. The molecule has 27 heavy (non-hydrogen) atoms.